The van der Waals surface area contributed by atoms with Crippen LogP contribution in [0.15, 0.2) is 54.4 Å². The second-order valence-electron chi connectivity index (χ2n) is 5.04. The largest absolute Gasteiger partial charge is 0.312 e. The lowest BCUT2D eigenvalue weighted by atomic mass is 10.0. The highest BCUT2D eigenvalue weighted by molar-refractivity contribution is 5.65. The van der Waals surface area contributed by atoms with Crippen LogP contribution in [0.3, 0.4) is 0 Å². The van der Waals surface area contributed by atoms with Gasteiger partial charge in [0.2, 0.25) is 5.95 Å². The van der Waals surface area contributed by atoms with Gasteiger partial charge < -0.3 is 5.01 Å². The molecule has 2 aromatic rings. The number of hydrogen-bond donors (Lipinski definition) is 1. The van der Waals surface area contributed by atoms with Crippen molar-refractivity contribution in [3.63, 3.8) is 0 Å². The summed E-state index contributed by atoms with van der Waals surface area (Å²) in [5.74, 6) is 5.61. The van der Waals surface area contributed by atoms with Crippen molar-refractivity contribution in [1.29, 1.82) is 0 Å². The first-order valence-corrected chi connectivity index (χ1v) is 7.26. The summed E-state index contributed by atoms with van der Waals surface area (Å²) in [5.41, 5.74) is 5.89. The summed E-state index contributed by atoms with van der Waals surface area (Å²) in [7, 11) is 0. The Labute approximate surface area is 133 Å². The monoisotopic (exact) mass is 311 g/mol. The summed E-state index contributed by atoms with van der Waals surface area (Å²) in [4.78, 5) is 3.66. The summed E-state index contributed by atoms with van der Waals surface area (Å²) in [5, 5.41) is 1.69. The molecule has 0 spiro atoms. The molecule has 0 fully saturated rings. The third kappa shape index (κ3) is 3.74. The number of nitrogens with zero attached hydrogens (tertiary/aromatic N) is 2. The highest BCUT2D eigenvalue weighted by Crippen LogP contribution is 2.21. The van der Waals surface area contributed by atoms with Crippen LogP contribution in [0, 0.1) is 17.8 Å². The lowest BCUT2D eigenvalue weighted by Crippen LogP contribution is -2.30. The fraction of sp³-hybridized carbons (Fsp3) is 0.167. The Kier molecular flexibility index (Phi) is 4.65. The predicted octanol–water partition coefficient (Wildman–Crippen LogP) is 2.91. The molecule has 1 N–H and O–H groups in total. The second kappa shape index (κ2) is 7.03. The van der Waals surface area contributed by atoms with Crippen molar-refractivity contribution in [2.45, 2.75) is 0 Å². The topological polar surface area (TPSA) is 28.2 Å². The summed E-state index contributed by atoms with van der Waals surface area (Å²) in [6.07, 6.45) is 3.22. The first-order chi connectivity index (χ1) is 11.3. The van der Waals surface area contributed by atoms with E-state index in [0.29, 0.717) is 18.7 Å². The van der Waals surface area contributed by atoms with E-state index in [1.807, 2.05) is 24.3 Å². The molecule has 0 bridgehead atoms. The molecule has 3 nitrogen and oxygen atoms in total. The van der Waals surface area contributed by atoms with E-state index in [-0.39, 0.29) is 0 Å². The molecule has 1 aliphatic heterocycles. The Morgan fingerprint density at radius 3 is 2.96 bits per heavy atom. The van der Waals surface area contributed by atoms with Gasteiger partial charge in [-0.05, 0) is 29.8 Å². The Bertz CT molecular complexity index is 790. The number of aromatic nitrogens is 1. The van der Waals surface area contributed by atoms with Crippen LogP contribution < -0.4 is 5.43 Å². The molecule has 1 aromatic heterocycles. The quantitative estimate of drug-likeness (QED) is 0.698. The molecule has 1 aromatic carbocycles. The summed E-state index contributed by atoms with van der Waals surface area (Å²) >= 11 is 0. The van der Waals surface area contributed by atoms with Gasteiger partial charge in [0.1, 0.15) is 6.67 Å². The number of nitrogens with one attached hydrogen (secondary N) is 1. The van der Waals surface area contributed by atoms with Gasteiger partial charge in [-0.25, -0.2) is 14.8 Å². The minimum Gasteiger partial charge on any atom is -0.312 e. The molecule has 5 heteroatoms. The molecule has 0 unspecified atom stereocenters. The number of rotatable bonds is 3. The number of pyridine rings is 1. The van der Waals surface area contributed by atoms with Crippen LogP contribution in [0.4, 0.5) is 8.78 Å². The molecule has 2 heterocycles. The van der Waals surface area contributed by atoms with Crippen LogP contribution in [0.1, 0.15) is 5.56 Å². The van der Waals surface area contributed by atoms with Crippen molar-refractivity contribution < 1.29 is 8.78 Å². The van der Waals surface area contributed by atoms with Crippen LogP contribution in [0.2, 0.25) is 0 Å². The molecule has 0 radical (unpaired) electrons. The van der Waals surface area contributed by atoms with Gasteiger partial charge >= 0.3 is 0 Å². The van der Waals surface area contributed by atoms with Gasteiger partial charge in [0.25, 0.3) is 0 Å². The maximum Gasteiger partial charge on any atom is 0.220 e. The van der Waals surface area contributed by atoms with Crippen LogP contribution in [0.25, 0.3) is 11.1 Å². The Hall–Kier alpha value is -2.71. The zero-order chi connectivity index (χ0) is 16.1. The van der Waals surface area contributed by atoms with E-state index in [9.17, 15) is 8.78 Å². The zero-order valence-electron chi connectivity index (χ0n) is 12.4. The van der Waals surface area contributed by atoms with E-state index < -0.39 is 12.6 Å². The highest BCUT2D eigenvalue weighted by Gasteiger charge is 2.09. The molecule has 116 valence electrons. The molecular weight excluding hydrogens is 296 g/mol. The summed E-state index contributed by atoms with van der Waals surface area (Å²) in [6.45, 7) is 0.480. The highest BCUT2D eigenvalue weighted by atomic mass is 19.1. The molecule has 1 aliphatic rings. The van der Waals surface area contributed by atoms with Crippen molar-refractivity contribution in [3.8, 4) is 23.0 Å². The van der Waals surface area contributed by atoms with Gasteiger partial charge in [0.05, 0.1) is 6.54 Å². The van der Waals surface area contributed by atoms with Gasteiger partial charge in [0.15, 0.2) is 0 Å². The number of halogens is 2. The lowest BCUT2D eigenvalue weighted by molar-refractivity contribution is 0.274. The maximum atomic E-state index is 13.8. The Morgan fingerprint density at radius 2 is 2.13 bits per heavy atom. The van der Waals surface area contributed by atoms with Gasteiger partial charge in [-0.1, -0.05) is 24.0 Å². The fourth-order valence-corrected chi connectivity index (χ4v) is 2.30. The van der Waals surface area contributed by atoms with Gasteiger partial charge in [0, 0.05) is 35.6 Å². The summed E-state index contributed by atoms with van der Waals surface area (Å²) in [6, 6.07) is 10.7. The van der Waals surface area contributed by atoms with Crippen molar-refractivity contribution in [3.05, 3.63) is 65.9 Å². The van der Waals surface area contributed by atoms with Gasteiger partial charge in [-0.15, -0.1) is 0 Å². The van der Waals surface area contributed by atoms with Gasteiger partial charge in [-0.3, -0.25) is 0 Å². The van der Waals surface area contributed by atoms with E-state index in [1.165, 1.54) is 6.20 Å². The van der Waals surface area contributed by atoms with E-state index in [0.717, 1.165) is 16.7 Å². The van der Waals surface area contributed by atoms with Crippen molar-refractivity contribution in [2.24, 2.45) is 0 Å². The molecule has 0 saturated carbocycles. The van der Waals surface area contributed by atoms with Crippen LogP contribution in [0.5, 0.6) is 0 Å². The minimum absolute atomic E-state index is 0.306. The molecule has 0 atom stereocenters. The van der Waals surface area contributed by atoms with E-state index in [4.69, 9.17) is 0 Å². The first-order valence-electron chi connectivity index (χ1n) is 7.26. The average molecular weight is 311 g/mol. The van der Waals surface area contributed by atoms with Crippen LogP contribution in [-0.2, 0) is 0 Å². The van der Waals surface area contributed by atoms with Gasteiger partial charge in [-0.2, -0.15) is 4.39 Å². The first kappa shape index (κ1) is 15.2. The minimum atomic E-state index is -0.498. The third-order valence-electron chi connectivity index (χ3n) is 3.41. The molecule has 0 aliphatic carbocycles. The van der Waals surface area contributed by atoms with Crippen molar-refractivity contribution in [2.75, 3.05) is 19.8 Å². The van der Waals surface area contributed by atoms with Crippen LogP contribution >= 0.6 is 0 Å². The lowest BCUT2D eigenvalue weighted by Gasteiger charge is -2.11. The fourth-order valence-electron chi connectivity index (χ4n) is 2.30. The third-order valence-corrected chi connectivity index (χ3v) is 3.41. The predicted molar refractivity (Wildman–Crippen MR) is 85.3 cm³/mol. The molecule has 0 saturated heterocycles. The smallest absolute Gasteiger partial charge is 0.220 e. The normalized spacial score (nSPS) is 13.5. The molecule has 23 heavy (non-hydrogen) atoms. The maximum absolute atomic E-state index is 13.8. The Balaban J connectivity index is 1.81. The standard InChI is InChI=1S/C18H15F2N3/c19-8-10-23-13-15(12-22-23)7-6-14-3-1-4-16(11-14)17-5-2-9-21-18(17)20/h1-5,9,11,13,22H,8,10,12H2. The summed E-state index contributed by atoms with van der Waals surface area (Å²) < 4.78 is 26.0. The van der Waals surface area contributed by atoms with E-state index in [2.05, 4.69) is 22.3 Å². The molecular formula is C18H15F2N3. The number of hydrazine groups is 1. The zero-order valence-corrected chi connectivity index (χ0v) is 12.4. The Morgan fingerprint density at radius 1 is 1.22 bits per heavy atom. The van der Waals surface area contributed by atoms with Crippen molar-refractivity contribution >= 4 is 0 Å². The number of alkyl halides is 1. The van der Waals surface area contributed by atoms with Crippen molar-refractivity contribution in [1.82, 2.24) is 15.4 Å². The SMILES string of the molecule is FCCN1C=C(C#Cc2cccc(-c3cccnc3F)c2)CN1. The number of benzene rings is 1. The van der Waals surface area contributed by atoms with E-state index in [1.54, 1.807) is 23.3 Å². The number of hydrogen-bond acceptors (Lipinski definition) is 3. The van der Waals surface area contributed by atoms with Crippen LogP contribution in [-0.4, -0.2) is 29.8 Å². The molecule has 0 amide bonds. The second-order valence-corrected chi connectivity index (χ2v) is 5.04. The van der Waals surface area contributed by atoms with E-state index >= 15 is 0 Å². The average Bonchev–Trinajstić information content (AvgIpc) is 3.02. The molecule has 3 rings (SSSR count).